The average molecular weight is 841 g/mol. The third-order valence-electron chi connectivity index (χ3n) is 9.44. The number of hydrogen-bond donors (Lipinski definition) is 2. The second-order valence-electron chi connectivity index (χ2n) is 14.7. The van der Waals surface area contributed by atoms with Gasteiger partial charge in [-0.3, -0.25) is 14.4 Å². The average Bonchev–Trinajstić information content (AvgIpc) is 3.54. The molecule has 0 saturated carbocycles. The summed E-state index contributed by atoms with van der Waals surface area (Å²) in [7, 11) is 2.73. The Kier molecular flexibility index (Phi) is 30.9. The Morgan fingerprint density at radius 1 is 1.04 bits per heavy atom. The van der Waals surface area contributed by atoms with Crippen LogP contribution in [0.5, 0.6) is 0 Å². The van der Waals surface area contributed by atoms with Gasteiger partial charge in [0.2, 0.25) is 0 Å². The maximum absolute atomic E-state index is 13.9. The number of aldehydes is 1. The van der Waals surface area contributed by atoms with Crippen molar-refractivity contribution in [1.29, 1.82) is 0 Å². The van der Waals surface area contributed by atoms with Crippen molar-refractivity contribution in [2.24, 2.45) is 5.92 Å². The van der Waals surface area contributed by atoms with Crippen molar-refractivity contribution in [3.8, 4) is 0 Å². The fraction of sp³-hybridized carbons (Fsp3) is 0.630. The molecule has 6 unspecified atom stereocenters. The number of benzene rings is 2. The minimum atomic E-state index is -1.29. The summed E-state index contributed by atoms with van der Waals surface area (Å²) >= 11 is 13.1. The molecule has 1 heterocycles. The van der Waals surface area contributed by atoms with E-state index in [1.54, 1.807) is 6.08 Å². The molecule has 320 valence electrons. The molecule has 10 heteroatoms. The first kappa shape index (κ1) is 54.1. The van der Waals surface area contributed by atoms with Crippen molar-refractivity contribution < 1.29 is 18.1 Å². The lowest BCUT2D eigenvalue weighted by atomic mass is 9.94. The van der Waals surface area contributed by atoms with Gasteiger partial charge in [-0.2, -0.15) is 0 Å². The molecule has 1 aliphatic heterocycles. The maximum atomic E-state index is 13.9. The zero-order valence-corrected chi connectivity index (χ0v) is 38.9. The Morgan fingerprint density at radius 3 is 2.14 bits per heavy atom. The van der Waals surface area contributed by atoms with Gasteiger partial charge in [0, 0.05) is 30.9 Å². The van der Waals surface area contributed by atoms with Gasteiger partial charge < -0.3 is 14.8 Å². The number of carbonyl (C=O) groups is 1. The first-order valence-electron chi connectivity index (χ1n) is 20.8. The number of unbranched alkanes of at least 4 members (excludes halogenated alkanes) is 1. The van der Waals surface area contributed by atoms with Gasteiger partial charge in [0.25, 0.3) is 0 Å². The van der Waals surface area contributed by atoms with E-state index in [2.05, 4.69) is 90.6 Å². The number of carbonyl (C=O) groups excluding carboxylic acids is 1. The van der Waals surface area contributed by atoms with E-state index in [-0.39, 0.29) is 34.7 Å². The molecule has 2 aromatic rings. The zero-order chi connectivity index (χ0) is 42.6. The Bertz CT molecular complexity index is 1400. The summed E-state index contributed by atoms with van der Waals surface area (Å²) in [5.74, 6) is 0.410. The Hall–Kier alpha value is -1.91. The van der Waals surface area contributed by atoms with E-state index in [1.807, 2.05) is 38.2 Å². The van der Waals surface area contributed by atoms with Gasteiger partial charge >= 0.3 is 0 Å². The minimum absolute atomic E-state index is 0.0436. The summed E-state index contributed by atoms with van der Waals surface area (Å²) in [6, 6.07) is 10.7. The standard InChI is InChI=1S/C33H45Cl2FN2O2S.C6H12O.C4H10.C3H9N/c1-7-10-25-20-29(35)30(41(39)23(5)17-19-40-18-8-2)21-28(25)33-37-31(22(4)11-14-26(34)9-3)32(38(33)6)24-12-15-27(36)16-13-24;1-6(2)4-3-5-7;2*1-3-4-2/h9,11-13,15-16,20-21,23,26,31-33,37H,3,7-8,10,14,17-19H2,1-2,4-6H3;5-6H,3-4H2,1-2H3;3-4H2,1-2H3;4H,3H2,1-2H3/b22-11+;;;. The summed E-state index contributed by atoms with van der Waals surface area (Å²) in [5.41, 5.74) is 4.37. The van der Waals surface area contributed by atoms with Crippen LogP contribution in [0.3, 0.4) is 0 Å². The summed E-state index contributed by atoms with van der Waals surface area (Å²) in [4.78, 5) is 12.7. The molecular weight excluding hydrogens is 764 g/mol. The number of allylic oxidation sites excluding steroid dienone is 2. The number of halogens is 3. The normalized spacial score (nSPS) is 18.4. The molecule has 1 aliphatic rings. The predicted octanol–water partition coefficient (Wildman–Crippen LogP) is 12.2. The van der Waals surface area contributed by atoms with Crippen LogP contribution < -0.4 is 10.6 Å². The number of nitrogens with one attached hydrogen (secondary N) is 2. The third-order valence-corrected chi connectivity index (χ3v) is 12.0. The molecule has 6 nitrogen and oxygen atoms in total. The Labute approximate surface area is 354 Å². The van der Waals surface area contributed by atoms with Crippen LogP contribution in [-0.4, -0.2) is 65.9 Å². The van der Waals surface area contributed by atoms with E-state index in [0.717, 1.165) is 67.2 Å². The molecule has 3 rings (SSSR count). The number of nitrogens with zero attached hydrogens (tertiary/aromatic N) is 1. The summed E-state index contributed by atoms with van der Waals surface area (Å²) in [5, 5.41) is 7.08. The van der Waals surface area contributed by atoms with Crippen molar-refractivity contribution in [3.05, 3.63) is 88.2 Å². The molecular formula is C46H76Cl2FN3O3S. The summed E-state index contributed by atoms with van der Waals surface area (Å²) < 4.78 is 33.2. The molecule has 56 heavy (non-hydrogen) atoms. The van der Waals surface area contributed by atoms with Gasteiger partial charge in [0.05, 0.1) is 38.3 Å². The monoisotopic (exact) mass is 839 g/mol. The van der Waals surface area contributed by atoms with Crippen LogP contribution in [0, 0.1) is 11.7 Å². The predicted molar refractivity (Wildman–Crippen MR) is 242 cm³/mol. The molecule has 2 aromatic carbocycles. The van der Waals surface area contributed by atoms with Gasteiger partial charge in [-0.1, -0.05) is 116 Å². The van der Waals surface area contributed by atoms with Crippen molar-refractivity contribution in [2.45, 2.75) is 154 Å². The Balaban J connectivity index is 0.00000171. The van der Waals surface area contributed by atoms with Gasteiger partial charge in [0.15, 0.2) is 0 Å². The lowest BCUT2D eigenvalue weighted by Gasteiger charge is -2.28. The topological polar surface area (TPSA) is 70.7 Å². The molecule has 1 fully saturated rings. The van der Waals surface area contributed by atoms with Crippen LogP contribution >= 0.6 is 23.2 Å². The molecule has 1 saturated heterocycles. The van der Waals surface area contributed by atoms with Crippen molar-refractivity contribution in [3.63, 3.8) is 0 Å². The second kappa shape index (κ2) is 32.0. The van der Waals surface area contributed by atoms with Crippen LogP contribution in [0.15, 0.2) is 65.6 Å². The van der Waals surface area contributed by atoms with E-state index in [9.17, 15) is 13.4 Å². The van der Waals surface area contributed by atoms with E-state index < -0.39 is 10.8 Å². The molecule has 0 aromatic heterocycles. The third kappa shape index (κ3) is 20.2. The van der Waals surface area contributed by atoms with Crippen molar-refractivity contribution in [1.82, 2.24) is 15.5 Å². The van der Waals surface area contributed by atoms with E-state index in [4.69, 9.17) is 27.9 Å². The van der Waals surface area contributed by atoms with Crippen LogP contribution in [0.25, 0.3) is 0 Å². The summed E-state index contributed by atoms with van der Waals surface area (Å²) in [6.07, 6.45) is 13.2. The molecule has 0 spiro atoms. The van der Waals surface area contributed by atoms with Gasteiger partial charge in [0.1, 0.15) is 12.1 Å². The fourth-order valence-corrected chi connectivity index (χ4v) is 7.54. The van der Waals surface area contributed by atoms with Crippen molar-refractivity contribution >= 4 is 40.3 Å². The fourth-order valence-electron chi connectivity index (χ4n) is 5.80. The number of ether oxygens (including phenoxy) is 1. The zero-order valence-electron chi connectivity index (χ0n) is 36.6. The van der Waals surface area contributed by atoms with E-state index >= 15 is 0 Å². The maximum Gasteiger partial charge on any atom is 0.123 e. The lowest BCUT2D eigenvalue weighted by Crippen LogP contribution is -2.29. The molecule has 0 radical (unpaired) electrons. The van der Waals surface area contributed by atoms with E-state index in [1.165, 1.54) is 25.0 Å². The van der Waals surface area contributed by atoms with Crippen LogP contribution in [0.1, 0.15) is 143 Å². The minimum Gasteiger partial charge on any atom is -0.381 e. The molecule has 6 atom stereocenters. The SMILES string of the molecule is C=CC(Cl)C/C=C(\C)C1NC(c2cc(S(=O)C(C)CCOCCC)c(Cl)cc2CCC)N(C)C1c1ccc(F)cc1.CC(C)CCC=O.CCCC.CCNC. The number of rotatable bonds is 20. The number of hydrogen-bond acceptors (Lipinski definition) is 6. The van der Waals surface area contributed by atoms with Crippen molar-refractivity contribution in [2.75, 3.05) is 33.9 Å². The van der Waals surface area contributed by atoms with Crippen LogP contribution in [0.4, 0.5) is 4.39 Å². The molecule has 2 N–H and O–H groups in total. The smallest absolute Gasteiger partial charge is 0.123 e. The molecule has 0 aliphatic carbocycles. The highest BCUT2D eigenvalue weighted by Gasteiger charge is 2.41. The highest BCUT2D eigenvalue weighted by molar-refractivity contribution is 7.85. The highest BCUT2D eigenvalue weighted by Crippen LogP contribution is 2.42. The molecule has 0 bridgehead atoms. The van der Waals surface area contributed by atoms with E-state index in [0.29, 0.717) is 41.9 Å². The lowest BCUT2D eigenvalue weighted by molar-refractivity contribution is -0.108. The first-order valence-corrected chi connectivity index (χ1v) is 22.8. The number of likely N-dealkylation sites (N-methyl/N-ethyl adjacent to an activating group) is 1. The van der Waals surface area contributed by atoms with Gasteiger partial charge in [-0.25, -0.2) is 4.39 Å². The van der Waals surface area contributed by atoms with Crippen LogP contribution in [0.2, 0.25) is 5.02 Å². The van der Waals surface area contributed by atoms with Gasteiger partial charge in [-0.15, -0.1) is 18.2 Å². The number of alkyl halides is 1. The quantitative estimate of drug-likeness (QED) is 0.0599. The molecule has 0 amide bonds. The largest absolute Gasteiger partial charge is 0.381 e. The number of aryl methyl sites for hydroxylation is 1. The van der Waals surface area contributed by atoms with Gasteiger partial charge in [-0.05, 0) is 107 Å². The Morgan fingerprint density at radius 2 is 1.66 bits per heavy atom. The first-order chi connectivity index (χ1) is 26.7. The highest BCUT2D eigenvalue weighted by atomic mass is 35.5. The summed E-state index contributed by atoms with van der Waals surface area (Å²) in [6.45, 7) is 25.1. The van der Waals surface area contributed by atoms with Crippen LogP contribution in [-0.2, 0) is 26.8 Å². The second-order valence-corrected chi connectivity index (χ2v) is 17.5.